The van der Waals surface area contributed by atoms with Gasteiger partial charge in [-0.2, -0.15) is 0 Å². The summed E-state index contributed by atoms with van der Waals surface area (Å²) in [5.41, 5.74) is 8.06. The zero-order valence-corrected chi connectivity index (χ0v) is 11.3. The molecule has 0 aliphatic carbocycles. The molecule has 0 bridgehead atoms. The van der Waals surface area contributed by atoms with Crippen molar-refractivity contribution in [1.29, 1.82) is 0 Å². The van der Waals surface area contributed by atoms with Gasteiger partial charge >= 0.3 is 0 Å². The van der Waals surface area contributed by atoms with Crippen molar-refractivity contribution in [1.82, 2.24) is 0 Å². The van der Waals surface area contributed by atoms with E-state index in [-0.39, 0.29) is 6.29 Å². The van der Waals surface area contributed by atoms with Crippen molar-refractivity contribution in [2.24, 2.45) is 5.11 Å². The third-order valence-corrected chi connectivity index (χ3v) is 2.65. The average molecular weight is 273 g/mol. The molecule has 1 heterocycles. The van der Waals surface area contributed by atoms with Crippen LogP contribution in [-0.4, -0.2) is 52.5 Å². The molecule has 0 amide bonds. The van der Waals surface area contributed by atoms with Gasteiger partial charge in [-0.3, -0.25) is 0 Å². The fourth-order valence-electron chi connectivity index (χ4n) is 1.69. The van der Waals surface area contributed by atoms with E-state index in [4.69, 9.17) is 24.5 Å². The molecular formula is C12H23N3O4. The molecule has 0 N–H and O–H groups in total. The van der Waals surface area contributed by atoms with E-state index >= 15 is 0 Å². The molecule has 1 aliphatic heterocycles. The second-order valence-electron chi connectivity index (χ2n) is 4.20. The molecular weight excluding hydrogens is 250 g/mol. The fraction of sp³-hybridized carbons (Fsp3) is 1.00. The van der Waals surface area contributed by atoms with Crippen LogP contribution in [0.3, 0.4) is 0 Å². The molecule has 0 aromatic carbocycles. The topological polar surface area (TPSA) is 85.7 Å². The summed E-state index contributed by atoms with van der Waals surface area (Å²) >= 11 is 0. The lowest BCUT2D eigenvalue weighted by Crippen LogP contribution is -2.24. The maximum atomic E-state index is 8.06. The van der Waals surface area contributed by atoms with Crippen LogP contribution in [0.5, 0.6) is 0 Å². The van der Waals surface area contributed by atoms with Gasteiger partial charge in [-0.1, -0.05) is 5.11 Å². The first-order valence-electron chi connectivity index (χ1n) is 6.83. The fourth-order valence-corrected chi connectivity index (χ4v) is 1.69. The molecule has 0 saturated carbocycles. The number of ether oxygens (including phenoxy) is 4. The Balaban J connectivity index is 1.74. The summed E-state index contributed by atoms with van der Waals surface area (Å²) in [5.74, 6) is 0. The molecule has 110 valence electrons. The van der Waals surface area contributed by atoms with E-state index in [0.29, 0.717) is 39.6 Å². The zero-order chi connectivity index (χ0) is 13.6. The third kappa shape index (κ3) is 9.69. The van der Waals surface area contributed by atoms with Crippen LogP contribution < -0.4 is 0 Å². The van der Waals surface area contributed by atoms with Crippen LogP contribution in [0.2, 0.25) is 0 Å². The molecule has 0 spiro atoms. The van der Waals surface area contributed by atoms with Crippen LogP contribution in [0.25, 0.3) is 10.4 Å². The molecule has 0 radical (unpaired) electrons. The molecule has 1 rings (SSSR count). The van der Waals surface area contributed by atoms with Crippen molar-refractivity contribution in [3.8, 4) is 0 Å². The van der Waals surface area contributed by atoms with Crippen LogP contribution in [0, 0.1) is 0 Å². The van der Waals surface area contributed by atoms with E-state index < -0.39 is 0 Å². The quantitative estimate of drug-likeness (QED) is 0.250. The van der Waals surface area contributed by atoms with Crippen molar-refractivity contribution in [3.63, 3.8) is 0 Å². The first kappa shape index (κ1) is 16.2. The molecule has 1 atom stereocenters. The van der Waals surface area contributed by atoms with Crippen molar-refractivity contribution in [3.05, 3.63) is 10.4 Å². The van der Waals surface area contributed by atoms with E-state index in [2.05, 4.69) is 10.0 Å². The van der Waals surface area contributed by atoms with Crippen LogP contribution in [0.4, 0.5) is 0 Å². The standard InChI is InChI=1S/C12H23N3O4/c13-15-14-5-3-6-16-8-9-17-10-11-19-12-4-1-2-7-18-12/h12H,1-11H2. The summed E-state index contributed by atoms with van der Waals surface area (Å²) in [6, 6.07) is 0. The molecule has 1 saturated heterocycles. The normalized spacial score (nSPS) is 19.1. The summed E-state index contributed by atoms with van der Waals surface area (Å²) in [4.78, 5) is 2.66. The van der Waals surface area contributed by atoms with Crippen LogP contribution >= 0.6 is 0 Å². The lowest BCUT2D eigenvalue weighted by molar-refractivity contribution is -0.169. The second kappa shape index (κ2) is 12.2. The molecule has 7 nitrogen and oxygen atoms in total. The van der Waals surface area contributed by atoms with Gasteiger partial charge in [-0.05, 0) is 31.2 Å². The van der Waals surface area contributed by atoms with Crippen molar-refractivity contribution < 1.29 is 18.9 Å². The summed E-state index contributed by atoms with van der Waals surface area (Å²) in [7, 11) is 0. The van der Waals surface area contributed by atoms with E-state index in [1.165, 1.54) is 6.42 Å². The molecule has 1 aliphatic rings. The van der Waals surface area contributed by atoms with E-state index in [1.54, 1.807) is 0 Å². The second-order valence-corrected chi connectivity index (χ2v) is 4.20. The minimum atomic E-state index is -0.0470. The lowest BCUT2D eigenvalue weighted by Gasteiger charge is -2.22. The molecule has 1 fully saturated rings. The Morgan fingerprint density at radius 2 is 1.89 bits per heavy atom. The van der Waals surface area contributed by atoms with Gasteiger partial charge in [0.15, 0.2) is 6.29 Å². The van der Waals surface area contributed by atoms with Gasteiger partial charge in [0.2, 0.25) is 0 Å². The Kier molecular flexibility index (Phi) is 10.4. The van der Waals surface area contributed by atoms with Crippen LogP contribution in [0.15, 0.2) is 5.11 Å². The first-order valence-corrected chi connectivity index (χ1v) is 6.83. The van der Waals surface area contributed by atoms with Gasteiger partial charge in [0.25, 0.3) is 0 Å². The van der Waals surface area contributed by atoms with Crippen LogP contribution in [0.1, 0.15) is 25.7 Å². The van der Waals surface area contributed by atoms with E-state index in [1.807, 2.05) is 0 Å². The molecule has 0 aromatic rings. The highest BCUT2D eigenvalue weighted by atomic mass is 16.7. The smallest absolute Gasteiger partial charge is 0.157 e. The first-order chi connectivity index (χ1) is 9.43. The number of hydrogen-bond acceptors (Lipinski definition) is 5. The maximum absolute atomic E-state index is 8.06. The summed E-state index contributed by atoms with van der Waals surface area (Å²) in [6.07, 6.45) is 3.98. The number of nitrogens with zero attached hydrogens (tertiary/aromatic N) is 3. The number of rotatable bonds is 11. The largest absolute Gasteiger partial charge is 0.379 e. The Labute approximate surface area is 113 Å². The molecule has 1 unspecified atom stereocenters. The highest BCUT2D eigenvalue weighted by molar-refractivity contribution is 4.53. The highest BCUT2D eigenvalue weighted by Gasteiger charge is 2.13. The Hall–Kier alpha value is -0.850. The highest BCUT2D eigenvalue weighted by Crippen LogP contribution is 2.13. The summed E-state index contributed by atoms with van der Waals surface area (Å²) in [5, 5.41) is 3.42. The summed E-state index contributed by atoms with van der Waals surface area (Å²) in [6.45, 7) is 4.09. The van der Waals surface area contributed by atoms with Gasteiger partial charge in [0.05, 0.1) is 26.4 Å². The lowest BCUT2D eigenvalue weighted by atomic mass is 10.2. The van der Waals surface area contributed by atoms with Crippen molar-refractivity contribution >= 4 is 0 Å². The van der Waals surface area contributed by atoms with Gasteiger partial charge in [-0.15, -0.1) is 0 Å². The van der Waals surface area contributed by atoms with Gasteiger partial charge in [0, 0.05) is 24.7 Å². The Bertz CT molecular complexity index is 253. The predicted molar refractivity (Wildman–Crippen MR) is 69.8 cm³/mol. The van der Waals surface area contributed by atoms with Gasteiger partial charge in [-0.25, -0.2) is 0 Å². The maximum Gasteiger partial charge on any atom is 0.157 e. The molecule has 7 heteroatoms. The van der Waals surface area contributed by atoms with E-state index in [0.717, 1.165) is 25.9 Å². The number of azide groups is 1. The average Bonchev–Trinajstić information content (AvgIpc) is 2.46. The van der Waals surface area contributed by atoms with Crippen molar-refractivity contribution in [2.45, 2.75) is 32.0 Å². The van der Waals surface area contributed by atoms with Crippen molar-refractivity contribution in [2.75, 3.05) is 46.2 Å². The monoisotopic (exact) mass is 273 g/mol. The van der Waals surface area contributed by atoms with Gasteiger partial charge < -0.3 is 18.9 Å². The molecule has 19 heavy (non-hydrogen) atoms. The third-order valence-electron chi connectivity index (χ3n) is 2.65. The van der Waals surface area contributed by atoms with Crippen LogP contribution in [-0.2, 0) is 18.9 Å². The van der Waals surface area contributed by atoms with Gasteiger partial charge in [0.1, 0.15) is 0 Å². The Morgan fingerprint density at radius 1 is 1.11 bits per heavy atom. The van der Waals surface area contributed by atoms with E-state index in [9.17, 15) is 0 Å². The zero-order valence-electron chi connectivity index (χ0n) is 11.3. The predicted octanol–water partition coefficient (Wildman–Crippen LogP) is 2.26. The minimum Gasteiger partial charge on any atom is -0.379 e. The minimum absolute atomic E-state index is 0.0470. The number of hydrogen-bond donors (Lipinski definition) is 0. The Morgan fingerprint density at radius 3 is 2.63 bits per heavy atom. The SMILES string of the molecule is [N-]=[N+]=NCCCOCCOCCOC1CCCCO1. The summed E-state index contributed by atoms with van der Waals surface area (Å²) < 4.78 is 21.6. The molecule has 0 aromatic heterocycles.